The predicted octanol–water partition coefficient (Wildman–Crippen LogP) is 5.64. The van der Waals surface area contributed by atoms with E-state index in [2.05, 4.69) is 20.2 Å². The maximum Gasteiger partial charge on any atom is 0.272 e. The van der Waals surface area contributed by atoms with Gasteiger partial charge in [-0.2, -0.15) is 10.2 Å². The fraction of sp³-hybridized carbons (Fsp3) is 0. The maximum absolute atomic E-state index is 13.9. The molecule has 0 amide bonds. The van der Waals surface area contributed by atoms with Gasteiger partial charge in [-0.05, 0) is 60.7 Å². The number of halogens is 2. The lowest BCUT2D eigenvalue weighted by Gasteiger charge is -2.03. The van der Waals surface area contributed by atoms with Crippen molar-refractivity contribution in [3.63, 3.8) is 0 Å². The zero-order chi connectivity index (χ0) is 28.1. The molecular formula is C28H20F2N8O2. The van der Waals surface area contributed by atoms with E-state index in [0.717, 1.165) is 11.8 Å². The van der Waals surface area contributed by atoms with Gasteiger partial charge >= 0.3 is 0 Å². The molecule has 10 nitrogen and oxygen atoms in total. The summed E-state index contributed by atoms with van der Waals surface area (Å²) in [4.78, 5) is 18.3. The van der Waals surface area contributed by atoms with Crippen LogP contribution >= 0.6 is 0 Å². The molecular weight excluding hydrogens is 518 g/mol. The van der Waals surface area contributed by atoms with Gasteiger partial charge in [0.1, 0.15) is 22.8 Å². The number of nitrogens with zero attached hydrogens (tertiary/aromatic N) is 7. The van der Waals surface area contributed by atoms with Crippen molar-refractivity contribution in [3.8, 4) is 34.2 Å². The Balaban J connectivity index is 0.000000162. The van der Waals surface area contributed by atoms with E-state index >= 15 is 0 Å². The van der Waals surface area contributed by atoms with Crippen LogP contribution in [0.3, 0.4) is 0 Å². The summed E-state index contributed by atoms with van der Waals surface area (Å²) in [6.07, 6.45) is 6.60. The molecule has 2 N–H and O–H groups in total. The number of non-ortho nitro benzene ring substituents is 1. The van der Waals surface area contributed by atoms with Crippen LogP contribution in [0.1, 0.15) is 0 Å². The second-order valence-corrected chi connectivity index (χ2v) is 8.32. The van der Waals surface area contributed by atoms with Crippen molar-refractivity contribution in [2.24, 2.45) is 0 Å². The number of rotatable bonds is 5. The molecule has 2 aromatic carbocycles. The Morgan fingerprint density at radius 2 is 1.20 bits per heavy atom. The molecule has 6 rings (SSSR count). The Hall–Kier alpha value is -5.78. The lowest BCUT2D eigenvalue weighted by molar-refractivity contribution is -0.385. The van der Waals surface area contributed by atoms with E-state index in [1.165, 1.54) is 27.6 Å². The lowest BCUT2D eigenvalue weighted by Crippen LogP contribution is -2.00. The highest BCUT2D eigenvalue weighted by atomic mass is 19.1. The zero-order valence-corrected chi connectivity index (χ0v) is 20.7. The summed E-state index contributed by atoms with van der Waals surface area (Å²) in [7, 11) is 0. The second kappa shape index (κ2) is 11.3. The van der Waals surface area contributed by atoms with Gasteiger partial charge in [-0.25, -0.2) is 18.1 Å². The minimum Gasteiger partial charge on any atom is -0.399 e. The summed E-state index contributed by atoms with van der Waals surface area (Å²) in [5.74, 6) is -1.12. The summed E-state index contributed by atoms with van der Waals surface area (Å²) >= 11 is 0. The fourth-order valence-electron chi connectivity index (χ4n) is 3.72. The Kier molecular flexibility index (Phi) is 7.31. The molecule has 0 atom stereocenters. The Labute approximate surface area is 226 Å². The van der Waals surface area contributed by atoms with Crippen LogP contribution in [0.15, 0.2) is 110 Å². The third kappa shape index (κ3) is 5.70. The van der Waals surface area contributed by atoms with Crippen LogP contribution in [0.2, 0.25) is 0 Å². The van der Waals surface area contributed by atoms with Gasteiger partial charge < -0.3 is 5.73 Å². The Morgan fingerprint density at radius 1 is 0.675 bits per heavy atom. The highest BCUT2D eigenvalue weighted by Crippen LogP contribution is 2.22. The van der Waals surface area contributed by atoms with Gasteiger partial charge in [0.25, 0.3) is 5.69 Å². The Bertz CT molecular complexity index is 1770. The van der Waals surface area contributed by atoms with Gasteiger partial charge in [0.05, 0.1) is 22.4 Å². The molecule has 0 fully saturated rings. The summed E-state index contributed by atoms with van der Waals surface area (Å²) in [6.45, 7) is 0. The van der Waals surface area contributed by atoms with Crippen molar-refractivity contribution in [2.75, 3.05) is 5.73 Å². The van der Waals surface area contributed by atoms with Crippen LogP contribution in [0.4, 0.5) is 20.2 Å². The number of aromatic nitrogens is 6. The van der Waals surface area contributed by atoms with Gasteiger partial charge in [0.2, 0.25) is 0 Å². The molecule has 0 spiro atoms. The van der Waals surface area contributed by atoms with E-state index in [1.54, 1.807) is 61.2 Å². The molecule has 4 aromatic heterocycles. The van der Waals surface area contributed by atoms with Crippen molar-refractivity contribution in [3.05, 3.63) is 131 Å². The van der Waals surface area contributed by atoms with Crippen LogP contribution in [-0.4, -0.2) is 34.5 Å². The molecule has 0 aliphatic carbocycles. The van der Waals surface area contributed by atoms with E-state index in [4.69, 9.17) is 5.73 Å². The van der Waals surface area contributed by atoms with Gasteiger partial charge in [-0.15, -0.1) is 0 Å². The van der Waals surface area contributed by atoms with E-state index in [9.17, 15) is 18.9 Å². The number of nitro groups is 1. The smallest absolute Gasteiger partial charge is 0.272 e. The summed E-state index contributed by atoms with van der Waals surface area (Å²) in [5.41, 5.74) is 8.81. The molecule has 0 saturated heterocycles. The first kappa shape index (κ1) is 25.9. The topological polar surface area (TPSA) is 131 Å². The van der Waals surface area contributed by atoms with E-state index in [0.29, 0.717) is 28.5 Å². The maximum atomic E-state index is 13.9. The third-order valence-corrected chi connectivity index (χ3v) is 5.64. The van der Waals surface area contributed by atoms with Crippen molar-refractivity contribution in [1.82, 2.24) is 29.5 Å². The minimum absolute atomic E-state index is 0.141. The fourth-order valence-corrected chi connectivity index (χ4v) is 3.72. The Morgan fingerprint density at radius 3 is 1.65 bits per heavy atom. The first-order chi connectivity index (χ1) is 19.4. The predicted molar refractivity (Wildman–Crippen MR) is 145 cm³/mol. The number of nitro benzene ring substituents is 1. The van der Waals surface area contributed by atoms with Crippen LogP contribution in [-0.2, 0) is 0 Å². The second-order valence-electron chi connectivity index (χ2n) is 8.32. The summed E-state index contributed by atoms with van der Waals surface area (Å²) in [6, 6.07) is 22.4. The van der Waals surface area contributed by atoms with E-state index in [-0.39, 0.29) is 11.4 Å². The van der Waals surface area contributed by atoms with Crippen LogP contribution < -0.4 is 5.73 Å². The standard InChI is InChI=1S/C14H9FN4O2.C14H11FN4/c15-11-9-10(19(20)21)4-5-14(11)18-8-6-13(17-18)12-3-1-2-7-16-12;15-11-9-10(16)4-5-14(11)19-8-6-13(18-19)12-3-1-2-7-17-12/h1-9H;1-9H,16H2. The molecule has 0 aliphatic heterocycles. The van der Waals surface area contributed by atoms with E-state index < -0.39 is 16.6 Å². The van der Waals surface area contributed by atoms with Crippen molar-refractivity contribution >= 4 is 11.4 Å². The van der Waals surface area contributed by atoms with Crippen molar-refractivity contribution in [1.29, 1.82) is 0 Å². The van der Waals surface area contributed by atoms with Gasteiger partial charge in [0.15, 0.2) is 11.6 Å². The number of hydrogen-bond donors (Lipinski definition) is 1. The number of anilines is 1. The largest absolute Gasteiger partial charge is 0.399 e. The van der Waals surface area contributed by atoms with Gasteiger partial charge in [-0.3, -0.25) is 20.1 Å². The van der Waals surface area contributed by atoms with Crippen LogP contribution in [0.5, 0.6) is 0 Å². The minimum atomic E-state index is -0.708. The molecule has 12 heteroatoms. The molecule has 0 unspecified atom stereocenters. The molecule has 40 heavy (non-hydrogen) atoms. The molecule has 4 heterocycles. The van der Waals surface area contributed by atoms with E-state index in [1.807, 2.05) is 24.3 Å². The average molecular weight is 539 g/mol. The lowest BCUT2D eigenvalue weighted by atomic mass is 10.2. The molecule has 0 bridgehead atoms. The van der Waals surface area contributed by atoms with Crippen molar-refractivity contribution < 1.29 is 13.7 Å². The van der Waals surface area contributed by atoms with Crippen molar-refractivity contribution in [2.45, 2.75) is 0 Å². The zero-order valence-electron chi connectivity index (χ0n) is 20.7. The van der Waals surface area contributed by atoms with Gasteiger partial charge in [-0.1, -0.05) is 12.1 Å². The molecule has 0 aliphatic rings. The third-order valence-electron chi connectivity index (χ3n) is 5.64. The highest BCUT2D eigenvalue weighted by Gasteiger charge is 2.13. The monoisotopic (exact) mass is 538 g/mol. The summed E-state index contributed by atoms with van der Waals surface area (Å²) in [5, 5.41) is 19.1. The molecule has 0 radical (unpaired) electrons. The first-order valence-corrected chi connectivity index (χ1v) is 11.8. The first-order valence-electron chi connectivity index (χ1n) is 11.8. The van der Waals surface area contributed by atoms with Gasteiger partial charge in [0, 0.05) is 36.5 Å². The quantitative estimate of drug-likeness (QED) is 0.171. The molecule has 198 valence electrons. The number of hydrogen-bond acceptors (Lipinski definition) is 7. The normalized spacial score (nSPS) is 10.6. The summed E-state index contributed by atoms with van der Waals surface area (Å²) < 4.78 is 30.5. The SMILES string of the molecule is Nc1ccc(-n2ccc(-c3ccccn3)n2)c(F)c1.O=[N+]([O-])c1ccc(-n2ccc(-c3ccccn3)n2)c(F)c1. The molecule has 0 saturated carbocycles. The number of nitrogens with two attached hydrogens (primary N) is 1. The average Bonchev–Trinajstić information content (AvgIpc) is 3.65. The number of nitrogen functional groups attached to an aromatic ring is 1. The number of benzene rings is 2. The van der Waals surface area contributed by atoms with Crippen LogP contribution in [0, 0.1) is 21.7 Å². The highest BCUT2D eigenvalue weighted by molar-refractivity contribution is 5.55. The van der Waals surface area contributed by atoms with Crippen LogP contribution in [0.25, 0.3) is 34.2 Å². The molecule has 6 aromatic rings. The number of pyridine rings is 2.